The average Bonchev–Trinajstić information content (AvgIpc) is 2.87. The lowest BCUT2D eigenvalue weighted by atomic mass is 9.97. The Morgan fingerprint density at radius 3 is 2.60 bits per heavy atom. The molecule has 2 fully saturated rings. The minimum Gasteiger partial charge on any atom is -0.379 e. The predicted octanol–water partition coefficient (Wildman–Crippen LogP) is 4.43. The van der Waals surface area contributed by atoms with Gasteiger partial charge in [-0.25, -0.2) is 17.2 Å². The lowest BCUT2D eigenvalue weighted by Gasteiger charge is -2.40. The van der Waals surface area contributed by atoms with Crippen LogP contribution in [0.15, 0.2) is 58.5 Å². The third-order valence-electron chi connectivity index (χ3n) is 6.96. The van der Waals surface area contributed by atoms with Crippen molar-refractivity contribution in [2.24, 2.45) is 0 Å². The van der Waals surface area contributed by atoms with Gasteiger partial charge in [0.2, 0.25) is 9.84 Å². The van der Waals surface area contributed by atoms with Crippen molar-refractivity contribution in [3.8, 4) is 0 Å². The Bertz CT molecular complexity index is 1310. The number of halogens is 2. The molecule has 0 saturated carbocycles. The summed E-state index contributed by atoms with van der Waals surface area (Å²) in [5.74, 6) is -1.05. The molecule has 2 saturated heterocycles. The zero-order chi connectivity index (χ0) is 24.4. The summed E-state index contributed by atoms with van der Waals surface area (Å²) in [6.45, 7) is 4.83. The van der Waals surface area contributed by atoms with E-state index in [4.69, 9.17) is 4.74 Å². The van der Waals surface area contributed by atoms with Crippen LogP contribution in [0, 0.1) is 11.6 Å². The third kappa shape index (κ3) is 5.03. The minimum atomic E-state index is -4.07. The van der Waals surface area contributed by atoms with Crippen LogP contribution in [0.4, 0.5) is 14.5 Å². The highest BCUT2D eigenvalue weighted by Gasteiger charge is 2.32. The largest absolute Gasteiger partial charge is 0.379 e. The lowest BCUT2D eigenvalue weighted by Crippen LogP contribution is -2.44. The van der Waals surface area contributed by atoms with E-state index in [-0.39, 0.29) is 15.8 Å². The number of hydrogen-bond donors (Lipinski definition) is 0. The topological polar surface area (TPSA) is 62.7 Å². The number of anilines is 1. The van der Waals surface area contributed by atoms with Crippen LogP contribution in [-0.2, 0) is 14.6 Å². The number of pyridine rings is 1. The maximum atomic E-state index is 14.0. The van der Waals surface area contributed by atoms with Gasteiger partial charge in [0.1, 0.15) is 16.5 Å². The molecular formula is C26H29F2N3O3S. The van der Waals surface area contributed by atoms with Crippen LogP contribution in [-0.4, -0.2) is 63.7 Å². The Labute approximate surface area is 204 Å². The molecule has 35 heavy (non-hydrogen) atoms. The second-order valence-corrected chi connectivity index (χ2v) is 11.1. The van der Waals surface area contributed by atoms with Crippen molar-refractivity contribution >= 4 is 26.4 Å². The van der Waals surface area contributed by atoms with E-state index in [0.29, 0.717) is 23.1 Å². The maximum absolute atomic E-state index is 14.0. The molecule has 9 heteroatoms. The Morgan fingerprint density at radius 1 is 1.00 bits per heavy atom. The minimum absolute atomic E-state index is 0.0282. The van der Waals surface area contributed by atoms with Gasteiger partial charge in [0, 0.05) is 49.9 Å². The van der Waals surface area contributed by atoms with Gasteiger partial charge >= 0.3 is 0 Å². The Hall–Kier alpha value is -2.62. The Kier molecular flexibility index (Phi) is 7.00. The standard InChI is InChI=1S/C26H29F2N3O3S/c27-19-4-3-6-22(16-19)35(32,33)25-18-29-24-17-20(28)7-8-23(24)26(25)31-10-2-1-5-21(31)9-11-30-12-14-34-15-13-30/h3-4,6-8,16-18,21H,1-2,5,9-15H2. The first-order valence-electron chi connectivity index (χ1n) is 12.1. The number of aromatic nitrogens is 1. The van der Waals surface area contributed by atoms with Crippen molar-refractivity contribution < 1.29 is 21.9 Å². The van der Waals surface area contributed by atoms with Crippen LogP contribution in [0.3, 0.4) is 0 Å². The van der Waals surface area contributed by atoms with Gasteiger partial charge in [-0.15, -0.1) is 0 Å². The highest BCUT2D eigenvalue weighted by atomic mass is 32.2. The summed E-state index contributed by atoms with van der Waals surface area (Å²) in [7, 11) is -4.07. The molecule has 0 aliphatic carbocycles. The number of sulfone groups is 1. The summed E-state index contributed by atoms with van der Waals surface area (Å²) >= 11 is 0. The molecule has 2 aliphatic rings. The number of hydrogen-bond acceptors (Lipinski definition) is 6. The molecule has 6 nitrogen and oxygen atoms in total. The molecule has 1 aromatic heterocycles. The van der Waals surface area contributed by atoms with Crippen LogP contribution in [0.25, 0.3) is 10.9 Å². The summed E-state index contributed by atoms with van der Waals surface area (Å²) < 4.78 is 60.9. The normalized spacial score (nSPS) is 19.8. The van der Waals surface area contributed by atoms with Crippen molar-refractivity contribution in [1.82, 2.24) is 9.88 Å². The summed E-state index contributed by atoms with van der Waals surface area (Å²) in [6.07, 6.45) is 5.11. The fourth-order valence-electron chi connectivity index (χ4n) is 5.14. The van der Waals surface area contributed by atoms with E-state index < -0.39 is 21.5 Å². The molecule has 0 bridgehead atoms. The van der Waals surface area contributed by atoms with E-state index in [0.717, 1.165) is 64.6 Å². The van der Waals surface area contributed by atoms with E-state index in [9.17, 15) is 17.2 Å². The van der Waals surface area contributed by atoms with Crippen molar-refractivity contribution in [2.45, 2.75) is 41.5 Å². The average molecular weight is 502 g/mol. The monoisotopic (exact) mass is 501 g/mol. The molecule has 0 N–H and O–H groups in total. The van der Waals surface area contributed by atoms with Crippen molar-refractivity contribution in [1.29, 1.82) is 0 Å². The molecule has 3 aromatic rings. The fourth-order valence-corrected chi connectivity index (χ4v) is 6.59. The lowest BCUT2D eigenvalue weighted by molar-refractivity contribution is 0.0362. The third-order valence-corrected chi connectivity index (χ3v) is 8.71. The zero-order valence-corrected chi connectivity index (χ0v) is 20.3. The van der Waals surface area contributed by atoms with Gasteiger partial charge in [-0.2, -0.15) is 0 Å². The molecule has 0 radical (unpaired) electrons. The molecule has 186 valence electrons. The van der Waals surface area contributed by atoms with Crippen molar-refractivity contribution in [3.05, 3.63) is 60.3 Å². The van der Waals surface area contributed by atoms with Gasteiger partial charge in [-0.1, -0.05) is 6.07 Å². The number of rotatable bonds is 6. The highest BCUT2D eigenvalue weighted by molar-refractivity contribution is 7.91. The summed E-state index contributed by atoms with van der Waals surface area (Å²) in [5.41, 5.74) is 0.932. The SMILES string of the molecule is O=S(=O)(c1cccc(F)c1)c1cnc2cc(F)ccc2c1N1CCCCC1CCN1CCOCC1. The van der Waals surface area contributed by atoms with Crippen LogP contribution in [0.2, 0.25) is 0 Å². The van der Waals surface area contributed by atoms with Gasteiger partial charge in [-0.05, 0) is 56.0 Å². The molecular weight excluding hydrogens is 472 g/mol. The number of benzene rings is 2. The smallest absolute Gasteiger partial charge is 0.210 e. The van der Waals surface area contributed by atoms with E-state index >= 15 is 0 Å². The first kappa shape index (κ1) is 24.1. The first-order valence-corrected chi connectivity index (χ1v) is 13.6. The van der Waals surface area contributed by atoms with Gasteiger partial charge in [0.15, 0.2) is 0 Å². The van der Waals surface area contributed by atoms with Crippen LogP contribution >= 0.6 is 0 Å². The predicted molar refractivity (Wildman–Crippen MR) is 130 cm³/mol. The van der Waals surface area contributed by atoms with Gasteiger partial charge in [0.25, 0.3) is 0 Å². The number of nitrogens with zero attached hydrogens (tertiary/aromatic N) is 3. The van der Waals surface area contributed by atoms with Crippen LogP contribution in [0.1, 0.15) is 25.7 Å². The van der Waals surface area contributed by atoms with Crippen molar-refractivity contribution in [2.75, 3.05) is 44.3 Å². The number of fused-ring (bicyclic) bond motifs is 1. The first-order chi connectivity index (χ1) is 16.9. The van der Waals surface area contributed by atoms with Gasteiger partial charge < -0.3 is 9.64 Å². The molecule has 1 unspecified atom stereocenters. The van der Waals surface area contributed by atoms with Gasteiger partial charge in [0.05, 0.1) is 29.3 Å². The zero-order valence-electron chi connectivity index (χ0n) is 19.5. The molecule has 0 spiro atoms. The molecule has 0 amide bonds. The van der Waals surface area contributed by atoms with E-state index in [1.165, 1.54) is 36.5 Å². The summed E-state index contributed by atoms with van der Waals surface area (Å²) in [5, 5.41) is 0.585. The molecule has 2 aliphatic heterocycles. The highest BCUT2D eigenvalue weighted by Crippen LogP contribution is 2.39. The Balaban J connectivity index is 1.59. The molecule has 3 heterocycles. The van der Waals surface area contributed by atoms with E-state index in [1.807, 2.05) is 0 Å². The van der Waals surface area contributed by atoms with E-state index in [2.05, 4.69) is 14.8 Å². The van der Waals surface area contributed by atoms with Gasteiger partial charge in [-0.3, -0.25) is 9.88 Å². The summed E-state index contributed by atoms with van der Waals surface area (Å²) in [6, 6.07) is 9.41. The molecule has 2 aromatic carbocycles. The van der Waals surface area contributed by atoms with Crippen LogP contribution in [0.5, 0.6) is 0 Å². The second-order valence-electron chi connectivity index (χ2n) is 9.18. The quantitative estimate of drug-likeness (QED) is 0.498. The fraction of sp³-hybridized carbons (Fsp3) is 0.423. The summed E-state index contributed by atoms with van der Waals surface area (Å²) in [4.78, 5) is 8.74. The molecule has 5 rings (SSSR count). The number of piperidine rings is 1. The van der Waals surface area contributed by atoms with E-state index in [1.54, 1.807) is 6.07 Å². The second kappa shape index (κ2) is 10.2. The van der Waals surface area contributed by atoms with Crippen LogP contribution < -0.4 is 4.90 Å². The maximum Gasteiger partial charge on any atom is 0.210 e. The Morgan fingerprint density at radius 2 is 1.80 bits per heavy atom. The van der Waals surface area contributed by atoms with Crippen molar-refractivity contribution in [3.63, 3.8) is 0 Å². The molecule has 1 atom stereocenters. The number of morpholine rings is 1. The number of ether oxygens (including phenoxy) is 1.